The molecule has 0 atom stereocenters. The van der Waals surface area contributed by atoms with Gasteiger partial charge >= 0.3 is 0 Å². The first-order chi connectivity index (χ1) is 11.9. The predicted octanol–water partition coefficient (Wildman–Crippen LogP) is 4.35. The molecule has 0 bridgehead atoms. The summed E-state index contributed by atoms with van der Waals surface area (Å²) in [5.74, 6) is 0.549. The van der Waals surface area contributed by atoms with E-state index in [0.29, 0.717) is 11.1 Å². The molecule has 0 unspecified atom stereocenters. The maximum atomic E-state index is 12.6. The minimum absolute atomic E-state index is 0.195. The summed E-state index contributed by atoms with van der Waals surface area (Å²) in [6.45, 7) is 8.83. The molecule has 1 saturated carbocycles. The largest absolute Gasteiger partial charge is 0.295 e. The Kier molecular flexibility index (Phi) is 4.93. The quantitative estimate of drug-likeness (QED) is 0.841. The van der Waals surface area contributed by atoms with Crippen LogP contribution in [0.4, 0.5) is 0 Å². The molecule has 5 heteroatoms. The number of carbonyl (C=O) groups is 1. The Hall–Kier alpha value is -2.17. The monoisotopic (exact) mass is 340 g/mol. The minimum atomic E-state index is -0.195. The normalized spacial score (nSPS) is 18.4. The van der Waals surface area contributed by atoms with E-state index in [1.807, 2.05) is 35.7 Å². The van der Waals surface area contributed by atoms with Crippen LogP contribution in [0.15, 0.2) is 29.5 Å². The molecule has 1 aliphatic carbocycles. The van der Waals surface area contributed by atoms with Crippen LogP contribution in [0.5, 0.6) is 0 Å². The van der Waals surface area contributed by atoms with Gasteiger partial charge in [0.05, 0.1) is 5.69 Å². The number of aromatic nitrogens is 2. The summed E-state index contributed by atoms with van der Waals surface area (Å²) in [7, 11) is 0. The first-order valence-electron chi connectivity index (χ1n) is 9.22. The molecule has 3 rings (SSSR count). The zero-order valence-corrected chi connectivity index (χ0v) is 15.7. The lowest BCUT2D eigenvalue weighted by molar-refractivity contribution is 0.0947. The maximum absolute atomic E-state index is 12.6. The van der Waals surface area contributed by atoms with Gasteiger partial charge in [-0.25, -0.2) is 10.4 Å². The number of rotatable bonds is 4. The SMILES string of the molecule is CCC(C)(C)C1CCC(=NNC(=O)c2c(C)nc3ccccn23)CC1. The Bertz CT molecular complexity index is 793. The molecule has 2 heterocycles. The summed E-state index contributed by atoms with van der Waals surface area (Å²) in [6, 6.07) is 5.71. The summed E-state index contributed by atoms with van der Waals surface area (Å²) >= 11 is 0. The molecule has 1 fully saturated rings. The van der Waals surface area contributed by atoms with Crippen LogP contribution < -0.4 is 5.43 Å². The van der Waals surface area contributed by atoms with E-state index in [-0.39, 0.29) is 5.91 Å². The van der Waals surface area contributed by atoms with Gasteiger partial charge in [-0.15, -0.1) is 0 Å². The molecule has 1 amide bonds. The molecule has 0 aromatic carbocycles. The first kappa shape index (κ1) is 17.6. The molecular formula is C20H28N4O. The van der Waals surface area contributed by atoms with Gasteiger partial charge in [-0.2, -0.15) is 5.10 Å². The molecule has 25 heavy (non-hydrogen) atoms. The van der Waals surface area contributed by atoms with Gasteiger partial charge in [-0.1, -0.05) is 33.3 Å². The van der Waals surface area contributed by atoms with Crippen LogP contribution in [0.3, 0.4) is 0 Å². The lowest BCUT2D eigenvalue weighted by Gasteiger charge is -2.36. The molecule has 0 radical (unpaired) electrons. The van der Waals surface area contributed by atoms with Gasteiger partial charge in [0, 0.05) is 11.9 Å². The molecule has 0 saturated heterocycles. The molecule has 1 aliphatic rings. The summed E-state index contributed by atoms with van der Waals surface area (Å²) < 4.78 is 1.81. The topological polar surface area (TPSA) is 58.8 Å². The summed E-state index contributed by atoms with van der Waals surface area (Å²) in [5, 5.41) is 4.41. The van der Waals surface area contributed by atoms with Gasteiger partial charge in [0.25, 0.3) is 5.91 Å². The Labute approximate surface area is 149 Å². The van der Waals surface area contributed by atoms with Crippen LogP contribution in [0.1, 0.15) is 69.1 Å². The highest BCUT2D eigenvalue weighted by Crippen LogP contribution is 2.39. The van der Waals surface area contributed by atoms with Crippen LogP contribution in [-0.4, -0.2) is 21.0 Å². The summed E-state index contributed by atoms with van der Waals surface area (Å²) in [4.78, 5) is 17.0. The Morgan fingerprint density at radius 3 is 2.76 bits per heavy atom. The molecule has 0 spiro atoms. The van der Waals surface area contributed by atoms with Gasteiger partial charge < -0.3 is 0 Å². The van der Waals surface area contributed by atoms with E-state index in [1.54, 1.807) is 0 Å². The van der Waals surface area contributed by atoms with Crippen LogP contribution in [0.2, 0.25) is 0 Å². The van der Waals surface area contributed by atoms with E-state index in [1.165, 1.54) is 6.42 Å². The zero-order chi connectivity index (χ0) is 18.0. The number of hydrazone groups is 1. The standard InChI is InChI=1S/C20H28N4O/c1-5-20(3,4)15-9-11-16(12-10-15)22-23-19(25)18-14(2)21-17-8-6-7-13-24(17)18/h6-8,13,15H,5,9-12H2,1-4H3,(H,23,25). The van der Waals surface area contributed by atoms with Crippen molar-refractivity contribution in [3.8, 4) is 0 Å². The zero-order valence-electron chi connectivity index (χ0n) is 15.7. The molecule has 1 N–H and O–H groups in total. The highest BCUT2D eigenvalue weighted by Gasteiger charge is 2.30. The molecule has 2 aromatic heterocycles. The van der Waals surface area contributed by atoms with E-state index >= 15 is 0 Å². The average molecular weight is 340 g/mol. The van der Waals surface area contributed by atoms with Gasteiger partial charge in [0.1, 0.15) is 11.3 Å². The third kappa shape index (κ3) is 3.60. The number of aryl methyl sites for hydroxylation is 1. The number of fused-ring (bicyclic) bond motifs is 1. The Morgan fingerprint density at radius 1 is 1.36 bits per heavy atom. The number of amides is 1. The van der Waals surface area contributed by atoms with Crippen molar-refractivity contribution < 1.29 is 4.79 Å². The number of imidazole rings is 1. The fourth-order valence-corrected chi connectivity index (χ4v) is 3.70. The molecular weight excluding hydrogens is 312 g/mol. The third-order valence-corrected chi connectivity index (χ3v) is 5.81. The second-order valence-electron chi connectivity index (χ2n) is 7.71. The second-order valence-corrected chi connectivity index (χ2v) is 7.71. The number of carbonyl (C=O) groups excluding carboxylic acids is 1. The van der Waals surface area contributed by atoms with E-state index < -0.39 is 0 Å². The number of hydrogen-bond donors (Lipinski definition) is 1. The number of pyridine rings is 1. The fourth-order valence-electron chi connectivity index (χ4n) is 3.70. The summed E-state index contributed by atoms with van der Waals surface area (Å²) in [5.41, 5.74) is 6.29. The van der Waals surface area contributed by atoms with Crippen molar-refractivity contribution in [2.24, 2.45) is 16.4 Å². The number of nitrogens with zero attached hydrogens (tertiary/aromatic N) is 3. The van der Waals surface area contributed by atoms with Crippen LogP contribution in [0.25, 0.3) is 5.65 Å². The predicted molar refractivity (Wildman–Crippen MR) is 101 cm³/mol. The van der Waals surface area contributed by atoms with E-state index in [2.05, 4.69) is 36.3 Å². The molecule has 2 aromatic rings. The highest BCUT2D eigenvalue weighted by atomic mass is 16.2. The minimum Gasteiger partial charge on any atom is -0.295 e. The smallest absolute Gasteiger partial charge is 0.290 e. The second kappa shape index (κ2) is 6.98. The lowest BCUT2D eigenvalue weighted by Crippen LogP contribution is -2.29. The van der Waals surface area contributed by atoms with E-state index in [0.717, 1.165) is 48.7 Å². The third-order valence-electron chi connectivity index (χ3n) is 5.81. The van der Waals surface area contributed by atoms with Crippen molar-refractivity contribution in [1.82, 2.24) is 14.8 Å². The van der Waals surface area contributed by atoms with Gasteiger partial charge in [-0.05, 0) is 56.1 Å². The molecule has 0 aliphatic heterocycles. The highest BCUT2D eigenvalue weighted by molar-refractivity contribution is 5.96. The van der Waals surface area contributed by atoms with Crippen LogP contribution in [-0.2, 0) is 0 Å². The van der Waals surface area contributed by atoms with Crippen molar-refractivity contribution >= 4 is 17.3 Å². The Morgan fingerprint density at radius 2 is 2.08 bits per heavy atom. The number of nitrogens with one attached hydrogen (secondary N) is 1. The van der Waals surface area contributed by atoms with E-state index in [9.17, 15) is 4.79 Å². The molecule has 5 nitrogen and oxygen atoms in total. The van der Waals surface area contributed by atoms with Gasteiger partial charge in [0.15, 0.2) is 0 Å². The van der Waals surface area contributed by atoms with Crippen LogP contribution in [0, 0.1) is 18.3 Å². The van der Waals surface area contributed by atoms with Crippen molar-refractivity contribution in [2.75, 3.05) is 0 Å². The van der Waals surface area contributed by atoms with Crippen LogP contribution >= 0.6 is 0 Å². The molecule has 134 valence electrons. The average Bonchev–Trinajstić information content (AvgIpc) is 2.96. The van der Waals surface area contributed by atoms with Crippen molar-refractivity contribution in [3.05, 3.63) is 35.8 Å². The van der Waals surface area contributed by atoms with Crippen molar-refractivity contribution in [2.45, 2.75) is 59.8 Å². The van der Waals surface area contributed by atoms with Crippen molar-refractivity contribution in [1.29, 1.82) is 0 Å². The number of hydrogen-bond acceptors (Lipinski definition) is 3. The van der Waals surface area contributed by atoms with Gasteiger partial charge in [-0.3, -0.25) is 9.20 Å². The van der Waals surface area contributed by atoms with E-state index in [4.69, 9.17) is 0 Å². The van der Waals surface area contributed by atoms with Crippen molar-refractivity contribution in [3.63, 3.8) is 0 Å². The fraction of sp³-hybridized carbons (Fsp3) is 0.550. The summed E-state index contributed by atoms with van der Waals surface area (Å²) in [6.07, 6.45) is 7.32. The maximum Gasteiger partial charge on any atom is 0.290 e. The lowest BCUT2D eigenvalue weighted by atomic mass is 9.69. The first-order valence-corrected chi connectivity index (χ1v) is 9.22. The Balaban J connectivity index is 1.66. The van der Waals surface area contributed by atoms with Gasteiger partial charge in [0.2, 0.25) is 0 Å².